The van der Waals surface area contributed by atoms with Crippen LogP contribution >= 0.6 is 0 Å². The van der Waals surface area contributed by atoms with E-state index in [4.69, 9.17) is 5.11 Å². The van der Waals surface area contributed by atoms with Gasteiger partial charge in [0.05, 0.1) is 12.2 Å². The fourth-order valence-electron chi connectivity index (χ4n) is 2.22. The zero-order valence-electron chi connectivity index (χ0n) is 10.9. The number of sulfonamides is 1. The van der Waals surface area contributed by atoms with E-state index in [0.29, 0.717) is 6.54 Å². The lowest BCUT2D eigenvalue weighted by atomic mass is 9.99. The second kappa shape index (κ2) is 4.93. The Morgan fingerprint density at radius 1 is 1.53 bits per heavy atom. The number of carboxylic acid groups (broad SMARTS) is 1. The van der Waals surface area contributed by atoms with Gasteiger partial charge in [-0.3, -0.25) is 4.79 Å². The van der Waals surface area contributed by atoms with Crippen LogP contribution in [-0.4, -0.2) is 46.4 Å². The van der Waals surface area contributed by atoms with Gasteiger partial charge in [0, 0.05) is 25.8 Å². The summed E-state index contributed by atoms with van der Waals surface area (Å²) in [7, 11) is -3.69. The third-order valence-corrected chi connectivity index (χ3v) is 5.19. The maximum absolute atomic E-state index is 12.3. The molecule has 2 unspecified atom stereocenters. The maximum Gasteiger partial charge on any atom is 0.308 e. The Balaban J connectivity index is 2.24. The zero-order chi connectivity index (χ0) is 14.2. The van der Waals surface area contributed by atoms with Gasteiger partial charge in [0.25, 0.3) is 10.0 Å². The monoisotopic (exact) mass is 287 g/mol. The number of hydrogen-bond acceptors (Lipinski definition) is 4. The van der Waals surface area contributed by atoms with Crippen molar-refractivity contribution in [2.75, 3.05) is 13.1 Å². The average Bonchev–Trinajstić information content (AvgIpc) is 2.95. The van der Waals surface area contributed by atoms with E-state index in [0.717, 1.165) is 0 Å². The Labute approximate surface area is 111 Å². The van der Waals surface area contributed by atoms with Crippen molar-refractivity contribution in [2.45, 2.75) is 25.4 Å². The molecule has 2 heterocycles. The maximum atomic E-state index is 12.3. The van der Waals surface area contributed by atoms with Crippen molar-refractivity contribution in [1.82, 2.24) is 13.9 Å². The van der Waals surface area contributed by atoms with Gasteiger partial charge in [0.2, 0.25) is 0 Å². The third-order valence-electron chi connectivity index (χ3n) is 3.47. The Morgan fingerprint density at radius 3 is 2.68 bits per heavy atom. The van der Waals surface area contributed by atoms with E-state index in [9.17, 15) is 13.2 Å². The molecule has 0 radical (unpaired) electrons. The van der Waals surface area contributed by atoms with E-state index in [2.05, 4.69) is 4.98 Å². The molecule has 0 aromatic carbocycles. The van der Waals surface area contributed by atoms with Crippen LogP contribution in [0.1, 0.15) is 13.8 Å². The van der Waals surface area contributed by atoms with Crippen LogP contribution in [0.3, 0.4) is 0 Å². The van der Waals surface area contributed by atoms with E-state index in [1.807, 2.05) is 6.92 Å². The molecular formula is C11H17N3O4S. The minimum Gasteiger partial charge on any atom is -0.481 e. The molecule has 1 aliphatic heterocycles. The molecule has 106 valence electrons. The molecule has 1 saturated heterocycles. The summed E-state index contributed by atoms with van der Waals surface area (Å²) < 4.78 is 27.5. The van der Waals surface area contributed by atoms with Crippen LogP contribution in [0.5, 0.6) is 0 Å². The molecule has 1 aliphatic rings. The number of aliphatic carboxylic acids is 1. The van der Waals surface area contributed by atoms with Crippen molar-refractivity contribution in [3.05, 3.63) is 12.5 Å². The van der Waals surface area contributed by atoms with Crippen molar-refractivity contribution in [1.29, 1.82) is 0 Å². The Kier molecular flexibility index (Phi) is 3.64. The molecule has 2 rings (SSSR count). The molecule has 0 spiro atoms. The molecule has 0 amide bonds. The molecule has 7 nitrogen and oxygen atoms in total. The van der Waals surface area contributed by atoms with Gasteiger partial charge >= 0.3 is 5.97 Å². The lowest BCUT2D eigenvalue weighted by Crippen LogP contribution is -2.30. The number of aryl methyl sites for hydroxylation is 1. The standard InChI is InChI=1S/C11H17N3O4S/c1-3-13-6-10(12-7-13)19(17,18)14-4-8(2)9(5-14)11(15)16/h6-9H,3-5H2,1-2H3,(H,15,16). The van der Waals surface area contributed by atoms with Crippen LogP contribution < -0.4 is 0 Å². The minimum absolute atomic E-state index is 0.0117. The molecule has 19 heavy (non-hydrogen) atoms. The highest BCUT2D eigenvalue weighted by Crippen LogP contribution is 2.28. The zero-order valence-corrected chi connectivity index (χ0v) is 11.7. The lowest BCUT2D eigenvalue weighted by molar-refractivity contribution is -0.142. The number of rotatable bonds is 4. The van der Waals surface area contributed by atoms with Gasteiger partial charge in [0.1, 0.15) is 0 Å². The number of hydrogen-bond donors (Lipinski definition) is 1. The highest BCUT2D eigenvalue weighted by molar-refractivity contribution is 7.89. The molecule has 0 saturated carbocycles. The number of carbonyl (C=O) groups is 1. The van der Waals surface area contributed by atoms with Gasteiger partial charge in [-0.15, -0.1) is 0 Å². The topological polar surface area (TPSA) is 92.5 Å². The van der Waals surface area contributed by atoms with E-state index in [-0.39, 0.29) is 24.0 Å². The summed E-state index contributed by atoms with van der Waals surface area (Å²) >= 11 is 0. The second-order valence-electron chi connectivity index (χ2n) is 4.79. The first kappa shape index (κ1) is 14.0. The van der Waals surface area contributed by atoms with Crippen LogP contribution in [0, 0.1) is 11.8 Å². The number of carboxylic acids is 1. The number of aromatic nitrogens is 2. The average molecular weight is 287 g/mol. The van der Waals surface area contributed by atoms with Gasteiger partial charge < -0.3 is 9.67 Å². The van der Waals surface area contributed by atoms with Crippen LogP contribution in [0.2, 0.25) is 0 Å². The van der Waals surface area contributed by atoms with Gasteiger partial charge in [0.15, 0.2) is 5.03 Å². The molecule has 1 N–H and O–H groups in total. The fraction of sp³-hybridized carbons (Fsp3) is 0.636. The fourth-order valence-corrected chi connectivity index (χ4v) is 3.72. The largest absolute Gasteiger partial charge is 0.481 e. The molecule has 0 bridgehead atoms. The van der Waals surface area contributed by atoms with Gasteiger partial charge in [-0.2, -0.15) is 4.31 Å². The third kappa shape index (κ3) is 2.50. The molecule has 1 fully saturated rings. The van der Waals surface area contributed by atoms with Crippen molar-refractivity contribution in [3.63, 3.8) is 0 Å². The molecular weight excluding hydrogens is 270 g/mol. The van der Waals surface area contributed by atoms with Crippen molar-refractivity contribution >= 4 is 16.0 Å². The van der Waals surface area contributed by atoms with Crippen molar-refractivity contribution in [2.24, 2.45) is 11.8 Å². The summed E-state index contributed by atoms with van der Waals surface area (Å²) in [6, 6.07) is 0. The summed E-state index contributed by atoms with van der Waals surface area (Å²) in [5.74, 6) is -1.80. The number of imidazole rings is 1. The van der Waals surface area contributed by atoms with E-state index in [1.165, 1.54) is 16.8 Å². The van der Waals surface area contributed by atoms with Crippen LogP contribution in [-0.2, 0) is 21.4 Å². The number of nitrogens with zero attached hydrogens (tertiary/aromatic N) is 3. The van der Waals surface area contributed by atoms with Crippen LogP contribution in [0.15, 0.2) is 17.6 Å². The van der Waals surface area contributed by atoms with Gasteiger partial charge in [-0.1, -0.05) is 6.92 Å². The molecule has 8 heteroatoms. The summed E-state index contributed by atoms with van der Waals surface area (Å²) in [5.41, 5.74) is 0. The van der Waals surface area contributed by atoms with Gasteiger partial charge in [-0.05, 0) is 12.8 Å². The lowest BCUT2D eigenvalue weighted by Gasteiger charge is -2.13. The predicted molar refractivity (Wildman–Crippen MR) is 66.9 cm³/mol. The van der Waals surface area contributed by atoms with Crippen molar-refractivity contribution < 1.29 is 18.3 Å². The van der Waals surface area contributed by atoms with Crippen molar-refractivity contribution in [3.8, 4) is 0 Å². The smallest absolute Gasteiger partial charge is 0.308 e. The summed E-state index contributed by atoms with van der Waals surface area (Å²) in [4.78, 5) is 14.9. The minimum atomic E-state index is -3.69. The Hall–Kier alpha value is -1.41. The predicted octanol–water partition coefficient (Wildman–Crippen LogP) is 0.244. The van der Waals surface area contributed by atoms with E-state index >= 15 is 0 Å². The normalized spacial score (nSPS) is 24.7. The summed E-state index contributed by atoms with van der Waals surface area (Å²) in [6.45, 7) is 4.50. The second-order valence-corrected chi connectivity index (χ2v) is 6.67. The molecule has 2 atom stereocenters. The first-order valence-corrected chi connectivity index (χ1v) is 7.55. The summed E-state index contributed by atoms with van der Waals surface area (Å²) in [5, 5.41) is 9.02. The molecule has 0 aliphatic carbocycles. The quantitative estimate of drug-likeness (QED) is 0.856. The SMILES string of the molecule is CCn1cnc(S(=O)(=O)N2CC(C)C(C(=O)O)C2)c1. The highest BCUT2D eigenvalue weighted by Gasteiger charge is 2.41. The summed E-state index contributed by atoms with van der Waals surface area (Å²) in [6.07, 6.45) is 2.93. The first-order chi connectivity index (χ1) is 8.86. The first-order valence-electron chi connectivity index (χ1n) is 6.11. The van der Waals surface area contributed by atoms with Crippen LogP contribution in [0.25, 0.3) is 0 Å². The van der Waals surface area contributed by atoms with E-state index < -0.39 is 21.9 Å². The molecule has 1 aromatic heterocycles. The van der Waals surface area contributed by atoms with E-state index in [1.54, 1.807) is 11.5 Å². The Bertz CT molecular complexity index is 581. The highest BCUT2D eigenvalue weighted by atomic mass is 32.2. The Morgan fingerprint density at radius 2 is 2.21 bits per heavy atom. The van der Waals surface area contributed by atoms with Gasteiger partial charge in [-0.25, -0.2) is 13.4 Å². The molecule has 1 aromatic rings. The van der Waals surface area contributed by atoms with Crippen LogP contribution in [0.4, 0.5) is 0 Å².